The van der Waals surface area contributed by atoms with Gasteiger partial charge >= 0.3 is 17.2 Å². The van der Waals surface area contributed by atoms with Crippen molar-refractivity contribution < 1.29 is 38.2 Å². The zero-order chi connectivity index (χ0) is 56.7. The van der Waals surface area contributed by atoms with Crippen molar-refractivity contribution >= 4 is 17.8 Å². The van der Waals surface area contributed by atoms with E-state index in [0.29, 0.717) is 29.6 Å². The molecular weight excluding hydrogens is 1020 g/mol. The second-order valence-electron chi connectivity index (χ2n) is 27.9. The summed E-state index contributed by atoms with van der Waals surface area (Å²) in [5, 5.41) is 31.2. The van der Waals surface area contributed by atoms with Crippen LogP contribution in [0.4, 0.5) is 0 Å². The average Bonchev–Trinajstić information content (AvgIpc) is 3.02. The summed E-state index contributed by atoms with van der Waals surface area (Å²) >= 11 is 0. The molecule has 0 aliphatic heterocycles. The number of rotatable bonds is 10. The molecule has 0 saturated heterocycles. The summed E-state index contributed by atoms with van der Waals surface area (Å²) in [6.07, 6.45) is 21.4. The lowest BCUT2D eigenvalue weighted by Crippen LogP contribution is -2.62. The van der Waals surface area contributed by atoms with Crippen molar-refractivity contribution in [2.75, 3.05) is 13.2 Å². The summed E-state index contributed by atoms with van der Waals surface area (Å²) in [5.41, 5.74) is 10.2. The molecule has 2 amide bonds. The van der Waals surface area contributed by atoms with Crippen LogP contribution in [-0.4, -0.2) is 64.4 Å². The third-order valence-corrected chi connectivity index (χ3v) is 24.8. The van der Waals surface area contributed by atoms with Crippen molar-refractivity contribution in [3.05, 3.63) is 128 Å². The first-order chi connectivity index (χ1) is 38.8. The summed E-state index contributed by atoms with van der Waals surface area (Å²) in [6, 6.07) is 23.7. The SMILES string of the molecule is C[C@]12CC[C@@H](NC(=O)CCC(=O)OCC3c4ccccc4-c4ccccc43)C[C@H]1CC[C@@H]1[C@@H]2CC[C@]2(C)[C@@H](c3ccc(=O)oc3)CC[C@]12O.C[C@]12CC[C@@H](NC(=O)CN)C[C@H]1CC[C@@H]1[C@@H]2CC[C@]2(C)[C@@H](c3ccc(=O)oc3)CC[C@]12O. The van der Waals surface area contributed by atoms with Crippen LogP contribution in [0, 0.1) is 57.2 Å². The standard InChI is InChI=1S/C42H49NO6.C26H38N2O4/c1-40-20-17-28(43-37(44)14-16-39(46)49-25-33-31-9-5-3-7-29(31)30-8-4-6-10-32(30)33)23-27(40)12-13-36-35(40)18-21-41(2)34(19-22-42(36,41)47)26-11-15-38(45)48-24-26;1-24-10-7-18(28-22(29)14-27)13-17(24)4-5-21-20(24)8-11-25(2)19(9-12-26(21,25)31)16-3-6-23(30)32-15-16/h3-11,15,24,27-28,33-36,47H,12-14,16-23,25H2,1-2H3,(H,43,44);3,6,15,17-21,31H,4-5,7-14,27H2,1-2H3,(H,28,29)/t27-,28-,34-,35+,36-,40+,41-,42+;17-,18-,19-,20+,21-,24+,25-,26+/m11/s1. The van der Waals surface area contributed by atoms with E-state index >= 15 is 0 Å². The van der Waals surface area contributed by atoms with Gasteiger partial charge in [0.15, 0.2) is 0 Å². The second-order valence-corrected chi connectivity index (χ2v) is 27.9. The van der Waals surface area contributed by atoms with Crippen molar-refractivity contribution in [3.8, 4) is 11.1 Å². The van der Waals surface area contributed by atoms with E-state index in [1.165, 1.54) is 34.4 Å². The molecule has 16 atom stereocenters. The zero-order valence-electron chi connectivity index (χ0n) is 48.2. The van der Waals surface area contributed by atoms with E-state index in [1.54, 1.807) is 12.5 Å². The van der Waals surface area contributed by atoms with E-state index < -0.39 is 11.2 Å². The molecule has 2 aromatic carbocycles. The van der Waals surface area contributed by atoms with Crippen molar-refractivity contribution in [2.45, 2.75) is 197 Å². The number of aliphatic hydroxyl groups is 2. The van der Waals surface area contributed by atoms with E-state index in [4.69, 9.17) is 19.3 Å². The van der Waals surface area contributed by atoms with Gasteiger partial charge in [0, 0.05) is 47.4 Å². The third kappa shape index (κ3) is 9.40. The Morgan fingerprint density at radius 2 is 1.02 bits per heavy atom. The minimum atomic E-state index is -0.727. The Hall–Kier alpha value is -5.37. The van der Waals surface area contributed by atoms with Crippen LogP contribution in [0.15, 0.2) is 104 Å². The smallest absolute Gasteiger partial charge is 0.335 e. The Balaban J connectivity index is 0.000000176. The number of nitrogens with one attached hydrogen (secondary N) is 2. The van der Waals surface area contributed by atoms with E-state index in [2.05, 4.69) is 62.6 Å². The van der Waals surface area contributed by atoms with Gasteiger partial charge in [-0.2, -0.15) is 0 Å². The molecule has 8 saturated carbocycles. The van der Waals surface area contributed by atoms with Gasteiger partial charge < -0.3 is 40.2 Å². The minimum Gasteiger partial charge on any atom is -0.465 e. The summed E-state index contributed by atoms with van der Waals surface area (Å²) in [5.74, 6) is 2.63. The summed E-state index contributed by atoms with van der Waals surface area (Å²) < 4.78 is 16.2. The number of benzene rings is 2. The number of hydrogen-bond donors (Lipinski definition) is 5. The molecule has 13 rings (SSSR count). The number of hydrogen-bond acceptors (Lipinski definition) is 11. The first kappa shape index (κ1) is 56.1. The minimum absolute atomic E-state index is 0.0125. The van der Waals surface area contributed by atoms with Gasteiger partial charge in [-0.15, -0.1) is 0 Å². The maximum Gasteiger partial charge on any atom is 0.335 e. The Morgan fingerprint density at radius 3 is 1.48 bits per heavy atom. The van der Waals surface area contributed by atoms with Gasteiger partial charge in [0.25, 0.3) is 0 Å². The Morgan fingerprint density at radius 1 is 0.556 bits per heavy atom. The Bertz CT molecular complexity index is 3070. The van der Waals surface area contributed by atoms with Crippen LogP contribution in [0.25, 0.3) is 11.1 Å². The normalized spacial score (nSPS) is 38.9. The maximum atomic E-state index is 13.1. The van der Waals surface area contributed by atoms with Gasteiger partial charge in [-0.3, -0.25) is 14.4 Å². The molecule has 0 unspecified atom stereocenters. The predicted octanol–water partition coefficient (Wildman–Crippen LogP) is 10.8. The molecule has 9 aliphatic carbocycles. The van der Waals surface area contributed by atoms with Gasteiger partial charge in [0.05, 0.1) is 36.7 Å². The highest BCUT2D eigenvalue weighted by Gasteiger charge is 2.69. The fraction of sp³-hybridized carbons (Fsp3) is 0.632. The van der Waals surface area contributed by atoms with Crippen LogP contribution in [0.3, 0.4) is 0 Å². The molecule has 8 fully saturated rings. The lowest BCUT2D eigenvalue weighted by molar-refractivity contribution is -0.202. The highest BCUT2D eigenvalue weighted by atomic mass is 16.5. The van der Waals surface area contributed by atoms with Crippen LogP contribution < -0.4 is 27.6 Å². The molecule has 2 aromatic heterocycles. The van der Waals surface area contributed by atoms with Crippen LogP contribution >= 0.6 is 0 Å². The first-order valence-corrected chi connectivity index (χ1v) is 31.1. The fourth-order valence-corrected chi connectivity index (χ4v) is 20.4. The molecule has 0 bridgehead atoms. The number of fused-ring (bicyclic) bond motifs is 13. The van der Waals surface area contributed by atoms with E-state index in [0.717, 1.165) is 127 Å². The highest BCUT2D eigenvalue weighted by Crippen LogP contribution is 2.72. The predicted molar refractivity (Wildman–Crippen MR) is 309 cm³/mol. The molecule has 0 spiro atoms. The summed E-state index contributed by atoms with van der Waals surface area (Å²) in [7, 11) is 0. The number of ether oxygens (including phenoxy) is 1. The number of esters is 1. The second kappa shape index (κ2) is 21.4. The van der Waals surface area contributed by atoms with Crippen molar-refractivity contribution in [1.29, 1.82) is 0 Å². The fourth-order valence-electron chi connectivity index (χ4n) is 20.4. The average molecular weight is 1110 g/mol. The number of nitrogens with two attached hydrogens (primary N) is 1. The first-order valence-electron chi connectivity index (χ1n) is 31.1. The molecule has 9 aliphatic rings. The third-order valence-electron chi connectivity index (χ3n) is 24.8. The molecule has 4 aromatic rings. The topological polar surface area (TPSA) is 211 Å². The van der Waals surface area contributed by atoms with Crippen molar-refractivity contribution in [1.82, 2.24) is 10.6 Å². The molecule has 13 nitrogen and oxygen atoms in total. The largest absolute Gasteiger partial charge is 0.465 e. The molecule has 2 heterocycles. The molecule has 0 radical (unpaired) electrons. The lowest BCUT2D eigenvalue weighted by atomic mass is 9.43. The molecule has 81 heavy (non-hydrogen) atoms. The molecule has 13 heteroatoms. The van der Waals surface area contributed by atoms with Gasteiger partial charge in [-0.05, 0) is 219 Å². The molecule has 6 N–H and O–H groups in total. The van der Waals surface area contributed by atoms with E-state index in [-0.39, 0.29) is 112 Å². The number of carbonyl (C=O) groups excluding carboxylic acids is 3. The van der Waals surface area contributed by atoms with Crippen molar-refractivity contribution in [3.63, 3.8) is 0 Å². The lowest BCUT2D eigenvalue weighted by Gasteiger charge is -2.63. The number of amides is 2. The maximum absolute atomic E-state index is 13.1. The van der Waals surface area contributed by atoms with Gasteiger partial charge in [-0.25, -0.2) is 9.59 Å². The van der Waals surface area contributed by atoms with Crippen molar-refractivity contribution in [2.24, 2.45) is 62.9 Å². The van der Waals surface area contributed by atoms with Gasteiger partial charge in [0.1, 0.15) is 6.61 Å². The van der Waals surface area contributed by atoms with E-state index in [9.17, 15) is 34.2 Å². The summed E-state index contributed by atoms with van der Waals surface area (Å²) in [4.78, 5) is 60.8. The van der Waals surface area contributed by atoms with Gasteiger partial charge in [0.2, 0.25) is 11.8 Å². The molecular formula is C68H87N3O10. The zero-order valence-corrected chi connectivity index (χ0v) is 48.2. The quantitative estimate of drug-likeness (QED) is 0.0943. The van der Waals surface area contributed by atoms with E-state index in [1.807, 2.05) is 36.4 Å². The van der Waals surface area contributed by atoms with Crippen LogP contribution in [0.5, 0.6) is 0 Å². The summed E-state index contributed by atoms with van der Waals surface area (Å²) in [6.45, 7) is 9.79. The Kier molecular flexibility index (Phi) is 14.8. The number of carbonyl (C=O) groups is 3. The molecule has 434 valence electrons. The Labute approximate surface area is 477 Å². The van der Waals surface area contributed by atoms with Crippen LogP contribution in [0.1, 0.15) is 196 Å². The highest BCUT2D eigenvalue weighted by molar-refractivity contribution is 5.82. The monoisotopic (exact) mass is 1110 g/mol. The van der Waals surface area contributed by atoms with Crippen LogP contribution in [-0.2, 0) is 19.1 Å². The van der Waals surface area contributed by atoms with Crippen LogP contribution in [0.2, 0.25) is 0 Å². The van der Waals surface area contributed by atoms with Gasteiger partial charge in [-0.1, -0.05) is 76.2 Å².